The molecule has 2 amide bonds. The van der Waals surface area contributed by atoms with Gasteiger partial charge in [-0.25, -0.2) is 0 Å². The molecular formula is C26H27N3O3. The van der Waals surface area contributed by atoms with Crippen molar-refractivity contribution < 1.29 is 14.0 Å². The van der Waals surface area contributed by atoms with Crippen LogP contribution in [-0.4, -0.2) is 42.9 Å². The highest BCUT2D eigenvalue weighted by Gasteiger charge is 2.22. The first-order valence-corrected chi connectivity index (χ1v) is 10.9. The van der Waals surface area contributed by atoms with Crippen LogP contribution in [0.5, 0.6) is 0 Å². The molecule has 6 heteroatoms. The summed E-state index contributed by atoms with van der Waals surface area (Å²) in [5.41, 5.74) is 3.79. The van der Waals surface area contributed by atoms with E-state index in [4.69, 9.17) is 4.42 Å². The molecule has 0 atom stereocenters. The molecule has 2 aromatic carbocycles. The number of amides is 2. The molecule has 3 aromatic rings. The summed E-state index contributed by atoms with van der Waals surface area (Å²) in [6.07, 6.45) is 5.61. The fourth-order valence-corrected chi connectivity index (χ4v) is 3.72. The zero-order chi connectivity index (χ0) is 22.3. The Morgan fingerprint density at radius 3 is 2.31 bits per heavy atom. The van der Waals surface area contributed by atoms with E-state index >= 15 is 0 Å². The van der Waals surface area contributed by atoms with Gasteiger partial charge in [0.2, 0.25) is 5.91 Å². The minimum atomic E-state index is -0.215. The lowest BCUT2D eigenvalue weighted by Crippen LogP contribution is -2.48. The number of anilines is 2. The van der Waals surface area contributed by atoms with E-state index in [0.717, 1.165) is 36.4 Å². The summed E-state index contributed by atoms with van der Waals surface area (Å²) in [7, 11) is 0. The van der Waals surface area contributed by atoms with E-state index in [1.807, 2.05) is 53.4 Å². The SMILES string of the molecule is CCc1ccc(C(=O)N2CCN(c3ccc(NC(=O)/C=C/c4ccco4)cc3)CC2)cc1. The maximum absolute atomic E-state index is 12.8. The van der Waals surface area contributed by atoms with Crippen LogP contribution < -0.4 is 10.2 Å². The molecule has 1 fully saturated rings. The number of nitrogens with zero attached hydrogens (tertiary/aromatic N) is 2. The third-order valence-corrected chi connectivity index (χ3v) is 5.62. The molecule has 0 spiro atoms. The molecule has 0 bridgehead atoms. The minimum Gasteiger partial charge on any atom is -0.465 e. The van der Waals surface area contributed by atoms with Crippen LogP contribution in [0, 0.1) is 0 Å². The molecule has 0 saturated carbocycles. The second kappa shape index (κ2) is 10.0. The molecule has 1 aliphatic heterocycles. The molecule has 2 heterocycles. The highest BCUT2D eigenvalue weighted by molar-refractivity contribution is 6.01. The quantitative estimate of drug-likeness (QED) is 0.588. The number of aryl methyl sites for hydroxylation is 1. The van der Waals surface area contributed by atoms with Crippen LogP contribution in [-0.2, 0) is 11.2 Å². The average molecular weight is 430 g/mol. The van der Waals surface area contributed by atoms with Gasteiger partial charge in [-0.15, -0.1) is 0 Å². The van der Waals surface area contributed by atoms with Crippen molar-refractivity contribution in [1.29, 1.82) is 0 Å². The van der Waals surface area contributed by atoms with E-state index in [1.165, 1.54) is 11.6 Å². The zero-order valence-electron chi connectivity index (χ0n) is 18.2. The molecular weight excluding hydrogens is 402 g/mol. The third-order valence-electron chi connectivity index (χ3n) is 5.62. The number of rotatable bonds is 6. The van der Waals surface area contributed by atoms with E-state index < -0.39 is 0 Å². The molecule has 1 N–H and O–H groups in total. The molecule has 0 radical (unpaired) electrons. The number of nitrogens with one attached hydrogen (secondary N) is 1. The van der Waals surface area contributed by atoms with Crippen molar-refractivity contribution in [2.24, 2.45) is 0 Å². The fourth-order valence-electron chi connectivity index (χ4n) is 3.72. The first-order valence-electron chi connectivity index (χ1n) is 10.9. The normalized spacial score (nSPS) is 14.0. The van der Waals surface area contributed by atoms with Crippen molar-refractivity contribution in [2.75, 3.05) is 36.4 Å². The van der Waals surface area contributed by atoms with Crippen LogP contribution in [0.2, 0.25) is 0 Å². The van der Waals surface area contributed by atoms with Crippen molar-refractivity contribution >= 4 is 29.3 Å². The molecule has 164 valence electrons. The maximum atomic E-state index is 12.8. The van der Waals surface area contributed by atoms with Gasteiger partial charge in [0.25, 0.3) is 5.91 Å². The van der Waals surface area contributed by atoms with Crippen molar-refractivity contribution in [1.82, 2.24) is 4.90 Å². The van der Waals surface area contributed by atoms with Crippen LogP contribution in [0.25, 0.3) is 6.08 Å². The second-order valence-electron chi connectivity index (χ2n) is 7.71. The van der Waals surface area contributed by atoms with Gasteiger partial charge in [-0.2, -0.15) is 0 Å². The lowest BCUT2D eigenvalue weighted by atomic mass is 10.1. The van der Waals surface area contributed by atoms with E-state index in [2.05, 4.69) is 17.1 Å². The third kappa shape index (κ3) is 5.27. The largest absolute Gasteiger partial charge is 0.465 e. The Labute approximate surface area is 188 Å². The summed E-state index contributed by atoms with van der Waals surface area (Å²) in [6.45, 7) is 5.03. The van der Waals surface area contributed by atoms with Gasteiger partial charge in [0.15, 0.2) is 0 Å². The number of piperazine rings is 1. The first-order chi connectivity index (χ1) is 15.6. The Morgan fingerprint density at radius 2 is 1.69 bits per heavy atom. The van der Waals surface area contributed by atoms with Gasteiger partial charge in [0, 0.05) is 49.2 Å². The topological polar surface area (TPSA) is 65.8 Å². The molecule has 32 heavy (non-hydrogen) atoms. The predicted octanol–water partition coefficient (Wildman–Crippen LogP) is 4.46. The predicted molar refractivity (Wildman–Crippen MR) is 127 cm³/mol. The second-order valence-corrected chi connectivity index (χ2v) is 7.71. The summed E-state index contributed by atoms with van der Waals surface area (Å²) < 4.78 is 5.18. The highest BCUT2D eigenvalue weighted by Crippen LogP contribution is 2.20. The summed E-state index contributed by atoms with van der Waals surface area (Å²) in [4.78, 5) is 29.0. The lowest BCUT2D eigenvalue weighted by Gasteiger charge is -2.36. The van der Waals surface area contributed by atoms with Gasteiger partial charge < -0.3 is 19.5 Å². The van der Waals surface area contributed by atoms with Crippen molar-refractivity contribution in [3.05, 3.63) is 89.9 Å². The van der Waals surface area contributed by atoms with Crippen LogP contribution in [0.3, 0.4) is 0 Å². The number of furan rings is 1. The van der Waals surface area contributed by atoms with Gasteiger partial charge >= 0.3 is 0 Å². The number of carbonyl (C=O) groups is 2. The molecule has 1 aromatic heterocycles. The Morgan fingerprint density at radius 1 is 0.969 bits per heavy atom. The van der Waals surface area contributed by atoms with Crippen LogP contribution in [0.1, 0.15) is 28.6 Å². The lowest BCUT2D eigenvalue weighted by molar-refractivity contribution is -0.111. The van der Waals surface area contributed by atoms with Gasteiger partial charge in [-0.05, 0) is 66.6 Å². The van der Waals surface area contributed by atoms with E-state index in [9.17, 15) is 9.59 Å². The van der Waals surface area contributed by atoms with E-state index in [1.54, 1.807) is 24.5 Å². The number of hydrogen-bond donors (Lipinski definition) is 1. The summed E-state index contributed by atoms with van der Waals surface area (Å²) in [5.74, 6) is 0.507. The van der Waals surface area contributed by atoms with Gasteiger partial charge in [-0.3, -0.25) is 9.59 Å². The maximum Gasteiger partial charge on any atom is 0.253 e. The van der Waals surface area contributed by atoms with Crippen LogP contribution in [0.4, 0.5) is 11.4 Å². The van der Waals surface area contributed by atoms with E-state index in [0.29, 0.717) is 18.8 Å². The standard InChI is InChI=1S/C26H27N3O3/c1-2-20-5-7-21(8-6-20)26(31)29-17-15-28(16-18-29)23-11-9-22(10-12-23)27-25(30)14-13-24-4-3-19-32-24/h3-14,19H,2,15-18H2,1H3,(H,27,30)/b14-13+. The Hall–Kier alpha value is -3.80. The Balaban J connectivity index is 1.29. The highest BCUT2D eigenvalue weighted by atomic mass is 16.3. The molecule has 1 aliphatic rings. The van der Waals surface area contributed by atoms with Crippen molar-refractivity contribution in [3.8, 4) is 0 Å². The number of benzene rings is 2. The number of hydrogen-bond acceptors (Lipinski definition) is 4. The summed E-state index contributed by atoms with van der Waals surface area (Å²) in [6, 6.07) is 19.2. The molecule has 6 nitrogen and oxygen atoms in total. The van der Waals surface area contributed by atoms with Crippen molar-refractivity contribution in [3.63, 3.8) is 0 Å². The molecule has 0 aliphatic carbocycles. The van der Waals surface area contributed by atoms with Gasteiger partial charge in [-0.1, -0.05) is 19.1 Å². The zero-order valence-corrected chi connectivity index (χ0v) is 18.2. The molecule has 1 saturated heterocycles. The van der Waals surface area contributed by atoms with Crippen LogP contribution in [0.15, 0.2) is 77.4 Å². The number of carbonyl (C=O) groups excluding carboxylic acids is 2. The van der Waals surface area contributed by atoms with E-state index in [-0.39, 0.29) is 11.8 Å². The van der Waals surface area contributed by atoms with Crippen LogP contribution >= 0.6 is 0 Å². The van der Waals surface area contributed by atoms with Crippen molar-refractivity contribution in [2.45, 2.75) is 13.3 Å². The monoisotopic (exact) mass is 429 g/mol. The Kier molecular flexibility index (Phi) is 6.70. The fraction of sp³-hybridized carbons (Fsp3) is 0.231. The van der Waals surface area contributed by atoms with Gasteiger partial charge in [0.05, 0.1) is 6.26 Å². The first kappa shape index (κ1) is 21.4. The average Bonchev–Trinajstić information content (AvgIpc) is 3.37. The smallest absolute Gasteiger partial charge is 0.253 e. The Bertz CT molecular complexity index is 1060. The van der Waals surface area contributed by atoms with Gasteiger partial charge in [0.1, 0.15) is 5.76 Å². The minimum absolute atomic E-state index is 0.0907. The molecule has 0 unspecified atom stereocenters. The summed E-state index contributed by atoms with van der Waals surface area (Å²) in [5, 5.41) is 2.84. The summed E-state index contributed by atoms with van der Waals surface area (Å²) >= 11 is 0. The molecule has 4 rings (SSSR count).